The summed E-state index contributed by atoms with van der Waals surface area (Å²) in [5, 5.41) is 15.3. The predicted molar refractivity (Wildman–Crippen MR) is 72.7 cm³/mol. The Morgan fingerprint density at radius 3 is 2.79 bits per heavy atom. The van der Waals surface area contributed by atoms with Gasteiger partial charge in [-0.15, -0.1) is 10.2 Å². The zero-order valence-corrected chi connectivity index (χ0v) is 10.7. The molecule has 0 unspecified atom stereocenters. The van der Waals surface area contributed by atoms with Crippen LogP contribution in [0.1, 0.15) is 34.4 Å². The first-order valence-electron chi connectivity index (χ1n) is 8.11. The minimum Gasteiger partial charge on any atom is -0.317 e. The normalized spacial score (nSPS) is 21.4. The summed E-state index contributed by atoms with van der Waals surface area (Å²) < 4.78 is 22.3. The highest BCUT2D eigenvalue weighted by atomic mass is 15.6. The Morgan fingerprint density at radius 1 is 1.32 bits per heavy atom. The Labute approximate surface area is 117 Å². The van der Waals surface area contributed by atoms with Crippen LogP contribution >= 0.6 is 0 Å². The highest BCUT2D eigenvalue weighted by Crippen LogP contribution is 2.31. The van der Waals surface area contributed by atoms with Gasteiger partial charge in [0.15, 0.2) is 5.82 Å². The molecule has 1 aliphatic rings. The van der Waals surface area contributed by atoms with Gasteiger partial charge in [0, 0.05) is 4.11 Å². The molecular weight excluding hydrogens is 238 g/mol. The number of rotatable bonds is 3. The van der Waals surface area contributed by atoms with E-state index in [-0.39, 0.29) is 11.9 Å². The Balaban J connectivity index is 1.96. The molecule has 2 heterocycles. The molecule has 5 heteroatoms. The minimum atomic E-state index is -2.33. The van der Waals surface area contributed by atoms with Crippen LogP contribution in [0.25, 0.3) is 0 Å². The number of piperidine rings is 1. The monoisotopic (exact) mass is 260 g/mol. The van der Waals surface area contributed by atoms with Gasteiger partial charge in [0.25, 0.3) is 0 Å². The average Bonchev–Trinajstić information content (AvgIpc) is 2.99. The van der Waals surface area contributed by atoms with Gasteiger partial charge in [-0.25, -0.2) is 0 Å². The van der Waals surface area contributed by atoms with Gasteiger partial charge >= 0.3 is 0 Å². The zero-order valence-electron chi connectivity index (χ0n) is 13.7. The lowest BCUT2D eigenvalue weighted by Gasteiger charge is -2.30. The van der Waals surface area contributed by atoms with E-state index in [4.69, 9.17) is 4.11 Å². The molecule has 0 aliphatic carbocycles. The molecule has 100 valence electrons. The SMILES string of the molecule is [2H]C([2H])([2H])c1nnn([C@@H](c2ccccc2)C2CCNCC2)n1. The van der Waals surface area contributed by atoms with Crippen molar-refractivity contribution in [1.29, 1.82) is 0 Å². The van der Waals surface area contributed by atoms with Gasteiger partial charge in [-0.1, -0.05) is 30.3 Å². The van der Waals surface area contributed by atoms with E-state index in [0.29, 0.717) is 5.92 Å². The smallest absolute Gasteiger partial charge is 0.171 e. The molecule has 5 nitrogen and oxygen atoms in total. The average molecular weight is 260 g/mol. The van der Waals surface area contributed by atoms with Gasteiger partial charge in [-0.2, -0.15) is 4.80 Å². The topological polar surface area (TPSA) is 55.6 Å². The molecule has 19 heavy (non-hydrogen) atoms. The standard InChI is InChI=1S/C14H19N5/c1-11-16-18-19(17-11)14(12-5-3-2-4-6-12)13-7-9-15-10-8-13/h2-6,13-15H,7-10H2,1H3/t14-/m0/s1/i1D3. The Hall–Kier alpha value is -1.75. The van der Waals surface area contributed by atoms with Gasteiger partial charge in [-0.05, 0) is 49.5 Å². The Kier molecular flexibility index (Phi) is 2.66. The zero-order chi connectivity index (χ0) is 15.6. The molecule has 1 aromatic heterocycles. The molecule has 0 spiro atoms. The summed E-state index contributed by atoms with van der Waals surface area (Å²) >= 11 is 0. The van der Waals surface area contributed by atoms with Crippen molar-refractivity contribution in [3.63, 3.8) is 0 Å². The molecule has 1 N–H and O–H groups in total. The van der Waals surface area contributed by atoms with Crippen molar-refractivity contribution in [1.82, 2.24) is 25.5 Å². The van der Waals surface area contributed by atoms with Crippen molar-refractivity contribution >= 4 is 0 Å². The maximum atomic E-state index is 7.42. The molecular formula is C14H19N5. The third-order valence-corrected chi connectivity index (χ3v) is 3.65. The second-order valence-corrected chi connectivity index (χ2v) is 4.88. The number of hydrogen-bond acceptors (Lipinski definition) is 4. The summed E-state index contributed by atoms with van der Waals surface area (Å²) in [5.74, 6) is 0.171. The number of aryl methyl sites for hydroxylation is 1. The van der Waals surface area contributed by atoms with E-state index in [9.17, 15) is 0 Å². The lowest BCUT2D eigenvalue weighted by Crippen LogP contribution is -2.34. The predicted octanol–water partition coefficient (Wildman–Crippen LogP) is 1.57. The van der Waals surface area contributed by atoms with Crippen molar-refractivity contribution in [2.24, 2.45) is 5.92 Å². The quantitative estimate of drug-likeness (QED) is 0.910. The van der Waals surface area contributed by atoms with Gasteiger partial charge in [0.1, 0.15) is 6.04 Å². The second kappa shape index (κ2) is 5.48. The van der Waals surface area contributed by atoms with Gasteiger partial charge in [-0.3, -0.25) is 0 Å². The molecule has 1 aromatic carbocycles. The van der Waals surface area contributed by atoms with Crippen LogP contribution in [0, 0.1) is 12.8 Å². The van der Waals surface area contributed by atoms with Crippen LogP contribution in [-0.4, -0.2) is 33.3 Å². The molecule has 1 atom stereocenters. The number of aromatic nitrogens is 4. The number of nitrogens with one attached hydrogen (secondary N) is 1. The van der Waals surface area contributed by atoms with Gasteiger partial charge < -0.3 is 5.32 Å². The van der Waals surface area contributed by atoms with E-state index in [1.165, 1.54) is 4.80 Å². The molecule has 3 rings (SSSR count). The first-order chi connectivity index (χ1) is 10.6. The summed E-state index contributed by atoms with van der Waals surface area (Å²) in [4.78, 5) is 1.48. The van der Waals surface area contributed by atoms with Crippen LogP contribution in [0.15, 0.2) is 30.3 Å². The highest BCUT2D eigenvalue weighted by Gasteiger charge is 2.28. The van der Waals surface area contributed by atoms with Crippen molar-refractivity contribution in [3.8, 4) is 0 Å². The fourth-order valence-electron chi connectivity index (χ4n) is 2.75. The van der Waals surface area contributed by atoms with Crippen molar-refractivity contribution in [2.75, 3.05) is 13.1 Å². The summed E-state index contributed by atoms with van der Waals surface area (Å²) in [6.45, 7) is -0.419. The van der Waals surface area contributed by atoms with E-state index in [1.54, 1.807) is 0 Å². The third kappa shape index (κ3) is 2.66. The van der Waals surface area contributed by atoms with Crippen LogP contribution in [0.4, 0.5) is 0 Å². The summed E-state index contributed by atoms with van der Waals surface area (Å²) in [6.07, 6.45) is 2.01. The van der Waals surface area contributed by atoms with Crippen LogP contribution in [-0.2, 0) is 0 Å². The van der Waals surface area contributed by atoms with E-state index >= 15 is 0 Å². The lowest BCUT2D eigenvalue weighted by atomic mass is 9.86. The van der Waals surface area contributed by atoms with Crippen LogP contribution < -0.4 is 5.32 Å². The minimum absolute atomic E-state index is 0.0769. The van der Waals surface area contributed by atoms with E-state index in [2.05, 4.69) is 20.7 Å². The largest absolute Gasteiger partial charge is 0.317 e. The van der Waals surface area contributed by atoms with Crippen molar-refractivity contribution in [3.05, 3.63) is 41.7 Å². The van der Waals surface area contributed by atoms with E-state index in [1.807, 2.05) is 30.3 Å². The molecule has 2 aromatic rings. The number of benzene rings is 1. The van der Waals surface area contributed by atoms with Crippen molar-refractivity contribution < 1.29 is 4.11 Å². The molecule has 0 saturated carbocycles. The first kappa shape index (κ1) is 9.20. The first-order valence-corrected chi connectivity index (χ1v) is 6.61. The summed E-state index contributed by atoms with van der Waals surface area (Å²) in [7, 11) is 0. The maximum Gasteiger partial charge on any atom is 0.171 e. The van der Waals surface area contributed by atoms with Crippen LogP contribution in [0.5, 0.6) is 0 Å². The molecule has 1 aliphatic heterocycles. The lowest BCUT2D eigenvalue weighted by molar-refractivity contribution is 0.257. The number of hydrogen-bond donors (Lipinski definition) is 1. The molecule has 1 fully saturated rings. The Bertz CT molecular complexity index is 604. The van der Waals surface area contributed by atoms with Crippen LogP contribution in [0.3, 0.4) is 0 Å². The van der Waals surface area contributed by atoms with E-state index < -0.39 is 6.85 Å². The highest BCUT2D eigenvalue weighted by molar-refractivity contribution is 5.20. The van der Waals surface area contributed by atoms with E-state index in [0.717, 1.165) is 31.5 Å². The number of tetrazole rings is 1. The maximum absolute atomic E-state index is 7.42. The molecule has 0 bridgehead atoms. The Morgan fingerprint density at radius 2 is 2.11 bits per heavy atom. The fourth-order valence-corrected chi connectivity index (χ4v) is 2.75. The molecule has 0 radical (unpaired) electrons. The van der Waals surface area contributed by atoms with Gasteiger partial charge in [0.2, 0.25) is 0 Å². The summed E-state index contributed by atoms with van der Waals surface area (Å²) in [5.41, 5.74) is 1.09. The fraction of sp³-hybridized carbons (Fsp3) is 0.500. The second-order valence-electron chi connectivity index (χ2n) is 4.88. The molecule has 0 amide bonds. The van der Waals surface area contributed by atoms with Crippen molar-refractivity contribution in [2.45, 2.75) is 25.7 Å². The number of nitrogens with zero attached hydrogens (tertiary/aromatic N) is 4. The van der Waals surface area contributed by atoms with Crippen LogP contribution in [0.2, 0.25) is 0 Å². The molecule has 1 saturated heterocycles. The summed E-state index contributed by atoms with van der Waals surface area (Å²) in [6, 6.07) is 9.91. The third-order valence-electron chi connectivity index (χ3n) is 3.65. The van der Waals surface area contributed by atoms with Gasteiger partial charge in [0.05, 0.1) is 0 Å².